The van der Waals surface area contributed by atoms with Gasteiger partial charge in [0.15, 0.2) is 5.78 Å². The van der Waals surface area contributed by atoms with Crippen LogP contribution in [0.3, 0.4) is 0 Å². The summed E-state index contributed by atoms with van der Waals surface area (Å²) in [6.07, 6.45) is 0.597. The third-order valence-electron chi connectivity index (χ3n) is 5.54. The number of methoxy groups -OCH3 is 2. The van der Waals surface area contributed by atoms with Crippen LogP contribution >= 0.6 is 0 Å². The van der Waals surface area contributed by atoms with Gasteiger partial charge in [0.05, 0.1) is 14.2 Å². The van der Waals surface area contributed by atoms with Crippen LogP contribution in [0.25, 0.3) is 5.57 Å². The molecule has 0 spiro atoms. The van der Waals surface area contributed by atoms with Gasteiger partial charge in [-0.15, -0.1) is 0 Å². The predicted octanol–water partition coefficient (Wildman–Crippen LogP) is 5.56. The largest absolute Gasteiger partial charge is 0.497 e. The molecule has 4 rings (SSSR count). The molecular weight excluding hydrogens is 360 g/mol. The molecule has 3 aromatic carbocycles. The van der Waals surface area contributed by atoms with Gasteiger partial charge in [-0.25, -0.2) is 0 Å². The first-order chi connectivity index (χ1) is 14.0. The van der Waals surface area contributed by atoms with Gasteiger partial charge in [-0.2, -0.15) is 0 Å². The zero-order valence-corrected chi connectivity index (χ0v) is 17.2. The second-order valence-electron chi connectivity index (χ2n) is 7.43. The third kappa shape index (κ3) is 3.44. The van der Waals surface area contributed by atoms with E-state index in [1.807, 2.05) is 36.4 Å². The number of benzene rings is 3. The van der Waals surface area contributed by atoms with Gasteiger partial charge >= 0.3 is 0 Å². The predicted molar refractivity (Wildman–Crippen MR) is 116 cm³/mol. The zero-order valence-electron chi connectivity index (χ0n) is 17.2. The minimum absolute atomic E-state index is 0.0544. The van der Waals surface area contributed by atoms with E-state index in [2.05, 4.69) is 38.1 Å². The lowest BCUT2D eigenvalue weighted by Crippen LogP contribution is -2.06. The van der Waals surface area contributed by atoms with Crippen molar-refractivity contribution in [2.45, 2.75) is 20.3 Å². The average molecular weight is 384 g/mol. The van der Waals surface area contributed by atoms with Crippen molar-refractivity contribution < 1.29 is 14.3 Å². The first-order valence-corrected chi connectivity index (χ1v) is 9.68. The van der Waals surface area contributed by atoms with Crippen molar-refractivity contribution in [3.8, 4) is 11.5 Å². The van der Waals surface area contributed by atoms with Crippen molar-refractivity contribution in [1.29, 1.82) is 0 Å². The van der Waals surface area contributed by atoms with Gasteiger partial charge in [-0.1, -0.05) is 29.8 Å². The summed E-state index contributed by atoms with van der Waals surface area (Å²) in [4.78, 5) is 13.5. The number of allylic oxidation sites excluding steroid dienone is 1. The minimum Gasteiger partial charge on any atom is -0.497 e. The highest BCUT2D eigenvalue weighted by atomic mass is 16.5. The molecule has 0 saturated carbocycles. The fraction of sp³-hybridized carbons (Fsp3) is 0.192. The molecule has 0 aliphatic heterocycles. The van der Waals surface area contributed by atoms with E-state index in [0.29, 0.717) is 12.0 Å². The van der Waals surface area contributed by atoms with E-state index in [-0.39, 0.29) is 5.78 Å². The molecule has 0 bridgehead atoms. The summed E-state index contributed by atoms with van der Waals surface area (Å²) in [7, 11) is 3.29. The van der Waals surface area contributed by atoms with Gasteiger partial charge in [0.1, 0.15) is 11.5 Å². The molecule has 0 amide bonds. The quantitative estimate of drug-likeness (QED) is 0.540. The lowest BCUT2D eigenvalue weighted by atomic mass is 9.90. The molecule has 0 fully saturated rings. The standard InChI is InChI=1S/C26H24O3/c1-16-5-6-17(2)23(13-16)25-22-12-11-21(29-4)14-19(22)15-24(25)26(27)18-7-9-20(28-3)10-8-18/h5-14H,15H2,1-4H3. The SMILES string of the molecule is COc1ccc(C(=O)C2=C(c3cc(C)ccc3C)c3ccc(OC)cc3C2)cc1. The Balaban J connectivity index is 1.89. The van der Waals surface area contributed by atoms with Crippen molar-refractivity contribution in [1.82, 2.24) is 0 Å². The highest BCUT2D eigenvalue weighted by Crippen LogP contribution is 2.41. The van der Waals surface area contributed by atoms with Gasteiger partial charge in [-0.3, -0.25) is 4.79 Å². The van der Waals surface area contributed by atoms with E-state index in [1.54, 1.807) is 14.2 Å². The van der Waals surface area contributed by atoms with Gasteiger partial charge < -0.3 is 9.47 Å². The van der Waals surface area contributed by atoms with Crippen LogP contribution in [0, 0.1) is 13.8 Å². The zero-order chi connectivity index (χ0) is 20.5. The molecule has 0 saturated heterocycles. The Morgan fingerprint density at radius 2 is 1.48 bits per heavy atom. The number of ketones is 1. The molecule has 0 unspecified atom stereocenters. The first-order valence-electron chi connectivity index (χ1n) is 9.68. The highest BCUT2D eigenvalue weighted by molar-refractivity contribution is 6.17. The van der Waals surface area contributed by atoms with Crippen LogP contribution in [-0.4, -0.2) is 20.0 Å². The van der Waals surface area contributed by atoms with Gasteiger partial charge in [-0.05, 0) is 78.1 Å². The van der Waals surface area contributed by atoms with Crippen LogP contribution in [0.15, 0.2) is 66.2 Å². The van der Waals surface area contributed by atoms with E-state index in [1.165, 1.54) is 5.56 Å². The molecule has 0 N–H and O–H groups in total. The van der Waals surface area contributed by atoms with Crippen molar-refractivity contribution in [3.63, 3.8) is 0 Å². The summed E-state index contributed by atoms with van der Waals surface area (Å²) in [5, 5.41) is 0. The number of carbonyl (C=O) groups excluding carboxylic acids is 1. The summed E-state index contributed by atoms with van der Waals surface area (Å²) in [6, 6.07) is 19.8. The van der Waals surface area contributed by atoms with Crippen LogP contribution in [0.1, 0.15) is 38.2 Å². The molecule has 146 valence electrons. The number of fused-ring (bicyclic) bond motifs is 1. The number of aryl methyl sites for hydroxylation is 2. The molecule has 1 aliphatic rings. The summed E-state index contributed by atoms with van der Waals surface area (Å²) in [5.74, 6) is 1.60. The number of hydrogen-bond acceptors (Lipinski definition) is 3. The second kappa shape index (κ2) is 7.59. The van der Waals surface area contributed by atoms with Crippen LogP contribution in [0.2, 0.25) is 0 Å². The molecule has 0 heterocycles. The van der Waals surface area contributed by atoms with E-state index >= 15 is 0 Å². The molecule has 3 heteroatoms. The number of ether oxygens (including phenoxy) is 2. The Kier molecular flexibility index (Phi) is 4.98. The molecule has 1 aliphatic carbocycles. The molecular formula is C26H24O3. The molecule has 0 radical (unpaired) electrons. The number of rotatable bonds is 5. The first kappa shape index (κ1) is 19.0. The van der Waals surface area contributed by atoms with E-state index in [9.17, 15) is 4.79 Å². The third-order valence-corrected chi connectivity index (χ3v) is 5.54. The van der Waals surface area contributed by atoms with E-state index in [0.717, 1.165) is 44.9 Å². The van der Waals surface area contributed by atoms with Gasteiger partial charge in [0, 0.05) is 17.6 Å². The van der Waals surface area contributed by atoms with E-state index < -0.39 is 0 Å². The maximum absolute atomic E-state index is 13.5. The molecule has 0 aromatic heterocycles. The molecule has 29 heavy (non-hydrogen) atoms. The number of hydrogen-bond donors (Lipinski definition) is 0. The lowest BCUT2D eigenvalue weighted by molar-refractivity contribution is 0.103. The minimum atomic E-state index is 0.0544. The number of carbonyl (C=O) groups is 1. The molecule has 3 nitrogen and oxygen atoms in total. The molecule has 3 aromatic rings. The Hall–Kier alpha value is -3.33. The van der Waals surface area contributed by atoms with Crippen LogP contribution in [-0.2, 0) is 6.42 Å². The lowest BCUT2D eigenvalue weighted by Gasteiger charge is -2.13. The fourth-order valence-corrected chi connectivity index (χ4v) is 3.95. The van der Waals surface area contributed by atoms with Gasteiger partial charge in [0.2, 0.25) is 0 Å². The van der Waals surface area contributed by atoms with Crippen LogP contribution < -0.4 is 9.47 Å². The van der Waals surface area contributed by atoms with Crippen molar-refractivity contribution >= 4 is 11.4 Å². The van der Waals surface area contributed by atoms with Crippen molar-refractivity contribution in [2.24, 2.45) is 0 Å². The summed E-state index contributed by atoms with van der Waals surface area (Å²) >= 11 is 0. The van der Waals surface area contributed by atoms with Crippen LogP contribution in [0.5, 0.6) is 11.5 Å². The maximum Gasteiger partial charge on any atom is 0.189 e. The summed E-state index contributed by atoms with van der Waals surface area (Å²) in [5.41, 5.74) is 8.21. The maximum atomic E-state index is 13.5. The Morgan fingerprint density at radius 1 is 0.793 bits per heavy atom. The normalized spacial score (nSPS) is 12.7. The average Bonchev–Trinajstić information content (AvgIpc) is 3.13. The smallest absolute Gasteiger partial charge is 0.189 e. The topological polar surface area (TPSA) is 35.5 Å². The summed E-state index contributed by atoms with van der Waals surface area (Å²) < 4.78 is 10.6. The molecule has 0 atom stereocenters. The number of Topliss-reactive ketones (excluding diaryl/α,β-unsaturated/α-hetero) is 1. The Labute approximate surface area is 171 Å². The van der Waals surface area contributed by atoms with Crippen molar-refractivity contribution in [2.75, 3.05) is 14.2 Å². The Morgan fingerprint density at radius 3 is 2.17 bits per heavy atom. The van der Waals surface area contributed by atoms with Crippen LogP contribution in [0.4, 0.5) is 0 Å². The Bertz CT molecular complexity index is 1120. The summed E-state index contributed by atoms with van der Waals surface area (Å²) in [6.45, 7) is 4.18. The van der Waals surface area contributed by atoms with Gasteiger partial charge in [0.25, 0.3) is 0 Å². The monoisotopic (exact) mass is 384 g/mol. The van der Waals surface area contributed by atoms with E-state index in [4.69, 9.17) is 9.47 Å². The fourth-order valence-electron chi connectivity index (χ4n) is 3.95. The highest BCUT2D eigenvalue weighted by Gasteiger charge is 2.29. The second-order valence-corrected chi connectivity index (χ2v) is 7.43. The van der Waals surface area contributed by atoms with Crippen molar-refractivity contribution in [3.05, 3.63) is 99.6 Å².